The minimum atomic E-state index is -0.438. The average Bonchev–Trinajstić information content (AvgIpc) is 3.29. The number of halogens is 1. The molecule has 8 nitrogen and oxygen atoms in total. The van der Waals surface area contributed by atoms with E-state index in [1.807, 2.05) is 24.0 Å². The van der Waals surface area contributed by atoms with Crippen molar-refractivity contribution >= 4 is 45.7 Å². The number of aryl methyl sites for hydroxylation is 1. The number of oxazole rings is 1. The average molecular weight is 491 g/mol. The summed E-state index contributed by atoms with van der Waals surface area (Å²) in [5.41, 5.74) is 4.06. The molecule has 2 heterocycles. The Morgan fingerprint density at radius 3 is 2.63 bits per heavy atom. The fraction of sp³-hybridized carbons (Fsp3) is 0.231. The quantitative estimate of drug-likeness (QED) is 0.249. The highest BCUT2D eigenvalue weighted by Gasteiger charge is 2.23. The molecule has 0 unspecified atom stereocenters. The fourth-order valence-electron chi connectivity index (χ4n) is 4.27. The Morgan fingerprint density at radius 2 is 1.89 bits per heavy atom. The number of carbonyl (C=O) groups excluding carboxylic acids is 1. The van der Waals surface area contributed by atoms with E-state index in [-0.39, 0.29) is 11.3 Å². The normalized spacial score (nSPS) is 13.7. The lowest BCUT2D eigenvalue weighted by Crippen LogP contribution is -2.30. The molecule has 3 aromatic carbocycles. The fourth-order valence-corrected chi connectivity index (χ4v) is 4.45. The zero-order chi connectivity index (χ0) is 24.5. The molecule has 1 saturated heterocycles. The summed E-state index contributed by atoms with van der Waals surface area (Å²) in [6.45, 7) is 3.48. The smallest absolute Gasteiger partial charge is 0.293 e. The van der Waals surface area contributed by atoms with Gasteiger partial charge in [0, 0.05) is 41.0 Å². The molecule has 0 atom stereocenters. The molecule has 1 aliphatic rings. The van der Waals surface area contributed by atoms with Crippen molar-refractivity contribution in [1.82, 2.24) is 4.98 Å². The molecular formula is C26H23ClN4O4. The van der Waals surface area contributed by atoms with Crippen LogP contribution in [-0.2, 0) is 0 Å². The third kappa shape index (κ3) is 4.70. The Hall–Kier alpha value is -3.91. The van der Waals surface area contributed by atoms with E-state index < -0.39 is 10.8 Å². The molecule has 0 radical (unpaired) electrons. The molecule has 1 aliphatic heterocycles. The van der Waals surface area contributed by atoms with E-state index in [1.165, 1.54) is 6.07 Å². The van der Waals surface area contributed by atoms with Crippen LogP contribution in [0.1, 0.15) is 35.2 Å². The SMILES string of the molecule is Cc1ccc(-c2nc3cc(NC(=O)c4ccc(N5CCCCC5)c([N+](=O)[O-])c4)ccc3o2)cc1Cl. The number of carbonyl (C=O) groups is 1. The number of nitrogens with zero attached hydrogens (tertiary/aromatic N) is 3. The molecule has 1 amide bonds. The monoisotopic (exact) mass is 490 g/mol. The lowest BCUT2D eigenvalue weighted by Gasteiger charge is -2.28. The van der Waals surface area contributed by atoms with Gasteiger partial charge in [0.05, 0.1) is 4.92 Å². The van der Waals surface area contributed by atoms with Gasteiger partial charge < -0.3 is 14.6 Å². The molecule has 178 valence electrons. The Balaban J connectivity index is 1.38. The number of benzene rings is 3. The van der Waals surface area contributed by atoms with Crippen LogP contribution in [-0.4, -0.2) is 28.9 Å². The zero-order valence-electron chi connectivity index (χ0n) is 19.1. The van der Waals surface area contributed by atoms with Gasteiger partial charge in [-0.1, -0.05) is 17.7 Å². The topological polar surface area (TPSA) is 102 Å². The number of amides is 1. The van der Waals surface area contributed by atoms with Crippen LogP contribution < -0.4 is 10.2 Å². The first-order valence-electron chi connectivity index (χ1n) is 11.4. The Morgan fingerprint density at radius 1 is 1.09 bits per heavy atom. The van der Waals surface area contributed by atoms with Crippen molar-refractivity contribution in [1.29, 1.82) is 0 Å². The highest BCUT2D eigenvalue weighted by Crippen LogP contribution is 2.32. The molecule has 1 aromatic heterocycles. The minimum Gasteiger partial charge on any atom is -0.436 e. The number of anilines is 2. The standard InChI is InChI=1S/C26H23ClN4O4/c1-16-5-6-18(13-20(16)27)26-29-21-15-19(8-10-24(21)35-26)28-25(32)17-7-9-22(23(14-17)31(33)34)30-11-3-2-4-12-30/h5-10,13-15H,2-4,11-12H2,1H3,(H,28,32). The molecule has 5 rings (SSSR count). The van der Waals surface area contributed by atoms with Gasteiger partial charge in [-0.05, 0) is 74.2 Å². The molecule has 35 heavy (non-hydrogen) atoms. The number of piperidine rings is 1. The zero-order valence-corrected chi connectivity index (χ0v) is 19.8. The largest absolute Gasteiger partial charge is 0.436 e. The van der Waals surface area contributed by atoms with E-state index in [0.717, 1.165) is 43.5 Å². The molecule has 1 N–H and O–H groups in total. The highest BCUT2D eigenvalue weighted by molar-refractivity contribution is 6.31. The summed E-state index contributed by atoms with van der Waals surface area (Å²) < 4.78 is 5.84. The van der Waals surface area contributed by atoms with Crippen molar-refractivity contribution in [3.8, 4) is 11.5 Å². The van der Waals surface area contributed by atoms with E-state index in [9.17, 15) is 14.9 Å². The summed E-state index contributed by atoms with van der Waals surface area (Å²) in [5, 5.41) is 15.1. The van der Waals surface area contributed by atoms with Crippen LogP contribution in [0.4, 0.5) is 17.1 Å². The Labute approximate surface area is 206 Å². The summed E-state index contributed by atoms with van der Waals surface area (Å²) in [5.74, 6) is -0.0130. The van der Waals surface area contributed by atoms with Gasteiger partial charge in [0.25, 0.3) is 11.6 Å². The minimum absolute atomic E-state index is 0.0621. The first-order valence-corrected chi connectivity index (χ1v) is 11.8. The van der Waals surface area contributed by atoms with Crippen LogP contribution in [0.15, 0.2) is 59.0 Å². The second-order valence-corrected chi connectivity index (χ2v) is 9.04. The Bertz CT molecular complexity index is 1440. The Kier molecular flexibility index (Phi) is 6.13. The predicted molar refractivity (Wildman–Crippen MR) is 136 cm³/mol. The molecule has 1 fully saturated rings. The number of nitro groups is 1. The van der Waals surface area contributed by atoms with Crippen LogP contribution in [0.5, 0.6) is 0 Å². The third-order valence-corrected chi connectivity index (χ3v) is 6.60. The molecule has 0 spiro atoms. The van der Waals surface area contributed by atoms with E-state index in [1.54, 1.807) is 36.4 Å². The molecule has 9 heteroatoms. The van der Waals surface area contributed by atoms with Crippen molar-refractivity contribution in [2.24, 2.45) is 0 Å². The van der Waals surface area contributed by atoms with Gasteiger partial charge in [0.15, 0.2) is 5.58 Å². The number of hydrogen-bond acceptors (Lipinski definition) is 6. The first kappa shape index (κ1) is 22.9. The number of hydrogen-bond donors (Lipinski definition) is 1. The van der Waals surface area contributed by atoms with Crippen LogP contribution >= 0.6 is 11.6 Å². The lowest BCUT2D eigenvalue weighted by molar-refractivity contribution is -0.384. The molecule has 0 aliphatic carbocycles. The van der Waals surface area contributed by atoms with Gasteiger partial charge in [-0.3, -0.25) is 14.9 Å². The molecule has 0 bridgehead atoms. The van der Waals surface area contributed by atoms with Crippen LogP contribution in [0.3, 0.4) is 0 Å². The summed E-state index contributed by atoms with van der Waals surface area (Å²) >= 11 is 6.23. The molecule has 4 aromatic rings. The number of fused-ring (bicyclic) bond motifs is 1. The summed E-state index contributed by atoms with van der Waals surface area (Å²) in [6.07, 6.45) is 3.13. The van der Waals surface area contributed by atoms with E-state index >= 15 is 0 Å². The van der Waals surface area contributed by atoms with Crippen LogP contribution in [0.2, 0.25) is 5.02 Å². The second kappa shape index (κ2) is 9.38. The summed E-state index contributed by atoms with van der Waals surface area (Å²) in [7, 11) is 0. The summed E-state index contributed by atoms with van der Waals surface area (Å²) in [6, 6.07) is 15.3. The maximum atomic E-state index is 12.9. The van der Waals surface area contributed by atoms with Gasteiger partial charge in [0.1, 0.15) is 11.2 Å². The van der Waals surface area contributed by atoms with Gasteiger partial charge in [-0.15, -0.1) is 0 Å². The van der Waals surface area contributed by atoms with Crippen molar-refractivity contribution in [2.45, 2.75) is 26.2 Å². The van der Waals surface area contributed by atoms with E-state index in [4.69, 9.17) is 16.0 Å². The van der Waals surface area contributed by atoms with Crippen molar-refractivity contribution in [3.63, 3.8) is 0 Å². The number of nitro benzene ring substituents is 1. The van der Waals surface area contributed by atoms with Crippen molar-refractivity contribution in [2.75, 3.05) is 23.3 Å². The number of rotatable bonds is 5. The lowest BCUT2D eigenvalue weighted by atomic mass is 10.1. The summed E-state index contributed by atoms with van der Waals surface area (Å²) in [4.78, 5) is 30.7. The van der Waals surface area contributed by atoms with Gasteiger partial charge >= 0.3 is 0 Å². The van der Waals surface area contributed by atoms with E-state index in [0.29, 0.717) is 33.4 Å². The molecular weight excluding hydrogens is 468 g/mol. The highest BCUT2D eigenvalue weighted by atomic mass is 35.5. The second-order valence-electron chi connectivity index (χ2n) is 8.63. The maximum absolute atomic E-state index is 12.9. The third-order valence-electron chi connectivity index (χ3n) is 6.20. The number of nitrogens with one attached hydrogen (secondary N) is 1. The molecule has 0 saturated carbocycles. The van der Waals surface area contributed by atoms with Gasteiger partial charge in [-0.25, -0.2) is 4.98 Å². The van der Waals surface area contributed by atoms with Crippen molar-refractivity contribution in [3.05, 3.63) is 80.9 Å². The van der Waals surface area contributed by atoms with Crippen LogP contribution in [0.25, 0.3) is 22.6 Å². The van der Waals surface area contributed by atoms with Gasteiger partial charge in [0.2, 0.25) is 5.89 Å². The van der Waals surface area contributed by atoms with Crippen LogP contribution in [0, 0.1) is 17.0 Å². The van der Waals surface area contributed by atoms with Crippen molar-refractivity contribution < 1.29 is 14.1 Å². The number of aromatic nitrogens is 1. The first-order chi connectivity index (χ1) is 16.9. The van der Waals surface area contributed by atoms with Gasteiger partial charge in [-0.2, -0.15) is 0 Å². The van der Waals surface area contributed by atoms with E-state index in [2.05, 4.69) is 10.3 Å². The predicted octanol–water partition coefficient (Wildman–Crippen LogP) is 6.61. The maximum Gasteiger partial charge on any atom is 0.293 e.